The maximum atomic E-state index is 12.6. The lowest BCUT2D eigenvalue weighted by Gasteiger charge is -2.46. The molecule has 1 atom stereocenters. The lowest BCUT2D eigenvalue weighted by atomic mass is 9.78. The van der Waals surface area contributed by atoms with Crippen LogP contribution in [0.4, 0.5) is 0 Å². The average Bonchev–Trinajstić information content (AvgIpc) is 2.76. The van der Waals surface area contributed by atoms with Crippen molar-refractivity contribution in [2.45, 2.75) is 44.1 Å². The van der Waals surface area contributed by atoms with Gasteiger partial charge in [0.15, 0.2) is 0 Å². The standard InChI is InChI=1S/C23H29N3O3/c27-22(16-20-2-1-9-25-18-20)26-12-7-23(8-13-26)17-19(6-15-29-23)5-14-28-21-3-10-24-11-4-21/h1-4,9-11,18-19H,5-8,12-17H2. The Kier molecular flexibility index (Phi) is 6.39. The topological polar surface area (TPSA) is 64.6 Å². The molecule has 2 aliphatic rings. The highest BCUT2D eigenvalue weighted by molar-refractivity contribution is 5.78. The number of carbonyl (C=O) groups excluding carboxylic acids is 1. The number of hydrogen-bond acceptors (Lipinski definition) is 5. The molecular formula is C23H29N3O3. The van der Waals surface area contributed by atoms with Gasteiger partial charge in [0, 0.05) is 44.5 Å². The molecule has 154 valence electrons. The molecule has 6 heteroatoms. The molecule has 2 aromatic rings. The zero-order chi connectivity index (χ0) is 19.9. The Morgan fingerprint density at radius 1 is 1.17 bits per heavy atom. The quantitative estimate of drug-likeness (QED) is 0.751. The van der Waals surface area contributed by atoms with Crippen LogP contribution in [0.2, 0.25) is 0 Å². The number of aromatic nitrogens is 2. The minimum Gasteiger partial charge on any atom is -0.493 e. The van der Waals surface area contributed by atoms with Crippen molar-refractivity contribution in [1.29, 1.82) is 0 Å². The van der Waals surface area contributed by atoms with Crippen LogP contribution in [0.3, 0.4) is 0 Å². The highest BCUT2D eigenvalue weighted by Crippen LogP contribution is 2.38. The summed E-state index contributed by atoms with van der Waals surface area (Å²) < 4.78 is 12.1. The zero-order valence-corrected chi connectivity index (χ0v) is 16.8. The van der Waals surface area contributed by atoms with Crippen molar-refractivity contribution >= 4 is 5.91 Å². The van der Waals surface area contributed by atoms with E-state index in [9.17, 15) is 4.79 Å². The van der Waals surface area contributed by atoms with E-state index in [1.54, 1.807) is 24.8 Å². The smallest absolute Gasteiger partial charge is 0.227 e. The van der Waals surface area contributed by atoms with E-state index in [4.69, 9.17) is 9.47 Å². The molecule has 0 N–H and O–H groups in total. The van der Waals surface area contributed by atoms with Crippen LogP contribution < -0.4 is 4.74 Å². The number of hydrogen-bond donors (Lipinski definition) is 0. The summed E-state index contributed by atoms with van der Waals surface area (Å²) in [5.41, 5.74) is 0.908. The third-order valence-corrected chi connectivity index (χ3v) is 6.15. The van der Waals surface area contributed by atoms with Crippen LogP contribution in [0.25, 0.3) is 0 Å². The number of nitrogens with zero attached hydrogens (tertiary/aromatic N) is 3. The van der Waals surface area contributed by atoms with Crippen LogP contribution in [-0.4, -0.2) is 52.7 Å². The van der Waals surface area contributed by atoms with E-state index >= 15 is 0 Å². The second-order valence-electron chi connectivity index (χ2n) is 8.13. The minimum atomic E-state index is -0.0648. The van der Waals surface area contributed by atoms with Crippen LogP contribution >= 0.6 is 0 Å². The predicted molar refractivity (Wildman–Crippen MR) is 110 cm³/mol. The first kappa shape index (κ1) is 19.8. The molecule has 1 spiro atoms. The van der Waals surface area contributed by atoms with Crippen molar-refractivity contribution in [2.75, 3.05) is 26.3 Å². The Morgan fingerprint density at radius 2 is 2.00 bits per heavy atom. The largest absolute Gasteiger partial charge is 0.493 e. The molecule has 29 heavy (non-hydrogen) atoms. The van der Waals surface area contributed by atoms with Gasteiger partial charge in [-0.3, -0.25) is 14.8 Å². The number of carbonyl (C=O) groups is 1. The van der Waals surface area contributed by atoms with Crippen molar-refractivity contribution in [3.05, 3.63) is 54.6 Å². The fourth-order valence-corrected chi connectivity index (χ4v) is 4.45. The molecule has 0 saturated carbocycles. The maximum absolute atomic E-state index is 12.6. The van der Waals surface area contributed by atoms with Gasteiger partial charge in [-0.2, -0.15) is 0 Å². The minimum absolute atomic E-state index is 0.0648. The van der Waals surface area contributed by atoms with Gasteiger partial charge in [0.25, 0.3) is 0 Å². The zero-order valence-electron chi connectivity index (χ0n) is 16.8. The van der Waals surface area contributed by atoms with E-state index in [2.05, 4.69) is 9.97 Å². The molecule has 2 saturated heterocycles. The van der Waals surface area contributed by atoms with E-state index in [1.807, 2.05) is 29.2 Å². The molecule has 2 fully saturated rings. The van der Waals surface area contributed by atoms with Gasteiger partial charge in [0.1, 0.15) is 5.75 Å². The van der Waals surface area contributed by atoms with Gasteiger partial charge in [0.05, 0.1) is 18.6 Å². The molecule has 2 aliphatic heterocycles. The van der Waals surface area contributed by atoms with Gasteiger partial charge in [-0.15, -0.1) is 0 Å². The van der Waals surface area contributed by atoms with E-state index in [1.165, 1.54) is 0 Å². The number of pyridine rings is 2. The Hall–Kier alpha value is -2.47. The second-order valence-corrected chi connectivity index (χ2v) is 8.13. The summed E-state index contributed by atoms with van der Waals surface area (Å²) in [5, 5.41) is 0. The lowest BCUT2D eigenvalue weighted by molar-refractivity contribution is -0.147. The molecule has 2 aromatic heterocycles. The van der Waals surface area contributed by atoms with Crippen LogP contribution in [0.15, 0.2) is 49.1 Å². The number of amides is 1. The fraction of sp³-hybridized carbons (Fsp3) is 0.522. The summed E-state index contributed by atoms with van der Waals surface area (Å²) in [4.78, 5) is 22.7. The first-order chi connectivity index (χ1) is 14.2. The Morgan fingerprint density at radius 3 is 2.76 bits per heavy atom. The van der Waals surface area contributed by atoms with E-state index in [0.29, 0.717) is 12.3 Å². The maximum Gasteiger partial charge on any atom is 0.227 e. The summed E-state index contributed by atoms with van der Waals surface area (Å²) >= 11 is 0. The van der Waals surface area contributed by atoms with Crippen LogP contribution in [-0.2, 0) is 16.0 Å². The molecule has 4 heterocycles. The number of likely N-dealkylation sites (tertiary alicyclic amines) is 1. The molecule has 0 bridgehead atoms. The third-order valence-electron chi connectivity index (χ3n) is 6.15. The first-order valence-corrected chi connectivity index (χ1v) is 10.6. The highest BCUT2D eigenvalue weighted by Gasteiger charge is 2.40. The molecule has 1 unspecified atom stereocenters. The molecule has 4 rings (SSSR count). The number of piperidine rings is 1. The van der Waals surface area contributed by atoms with E-state index in [-0.39, 0.29) is 11.5 Å². The molecule has 6 nitrogen and oxygen atoms in total. The Balaban J connectivity index is 1.23. The molecule has 0 radical (unpaired) electrons. The van der Waals surface area contributed by atoms with Crippen molar-refractivity contribution in [1.82, 2.24) is 14.9 Å². The summed E-state index contributed by atoms with van der Waals surface area (Å²) in [6, 6.07) is 7.62. The number of rotatable bonds is 6. The van der Waals surface area contributed by atoms with E-state index < -0.39 is 0 Å². The van der Waals surface area contributed by atoms with Crippen LogP contribution in [0.5, 0.6) is 5.75 Å². The van der Waals surface area contributed by atoms with Crippen LogP contribution in [0, 0.1) is 5.92 Å². The molecular weight excluding hydrogens is 366 g/mol. The van der Waals surface area contributed by atoms with Crippen molar-refractivity contribution < 1.29 is 14.3 Å². The monoisotopic (exact) mass is 395 g/mol. The van der Waals surface area contributed by atoms with Gasteiger partial charge in [-0.1, -0.05) is 6.07 Å². The normalized spacial score (nSPS) is 21.1. The van der Waals surface area contributed by atoms with Crippen LogP contribution in [0.1, 0.15) is 37.7 Å². The fourth-order valence-electron chi connectivity index (χ4n) is 4.45. The predicted octanol–water partition coefficient (Wildman–Crippen LogP) is 3.28. The molecule has 1 amide bonds. The second kappa shape index (κ2) is 9.35. The van der Waals surface area contributed by atoms with E-state index in [0.717, 1.165) is 69.7 Å². The summed E-state index contributed by atoms with van der Waals surface area (Å²) in [6.07, 6.45) is 12.5. The van der Waals surface area contributed by atoms with Gasteiger partial charge in [-0.05, 0) is 61.8 Å². The summed E-state index contributed by atoms with van der Waals surface area (Å²) in [6.45, 7) is 3.09. The van der Waals surface area contributed by atoms with Gasteiger partial charge >= 0.3 is 0 Å². The molecule has 0 aliphatic carbocycles. The number of ether oxygens (including phenoxy) is 2. The van der Waals surface area contributed by atoms with Crippen molar-refractivity contribution in [2.24, 2.45) is 5.92 Å². The third kappa shape index (κ3) is 5.32. The summed E-state index contributed by atoms with van der Waals surface area (Å²) in [7, 11) is 0. The average molecular weight is 396 g/mol. The highest BCUT2D eigenvalue weighted by atomic mass is 16.5. The van der Waals surface area contributed by atoms with Gasteiger partial charge in [0.2, 0.25) is 5.91 Å². The van der Waals surface area contributed by atoms with Crippen molar-refractivity contribution in [3.8, 4) is 5.75 Å². The van der Waals surface area contributed by atoms with Crippen molar-refractivity contribution in [3.63, 3.8) is 0 Å². The van der Waals surface area contributed by atoms with Gasteiger partial charge in [-0.25, -0.2) is 0 Å². The lowest BCUT2D eigenvalue weighted by Crippen LogP contribution is -2.51. The molecule has 0 aromatic carbocycles. The Bertz CT molecular complexity index is 776. The Labute approximate surface area is 172 Å². The summed E-state index contributed by atoms with van der Waals surface area (Å²) in [5.74, 6) is 1.68. The SMILES string of the molecule is O=C(Cc1cccnc1)N1CCC2(CC1)CC(CCOc1ccncc1)CCO2. The first-order valence-electron chi connectivity index (χ1n) is 10.6. The van der Waals surface area contributed by atoms with Gasteiger partial charge < -0.3 is 14.4 Å².